The standard InChI is InChI=1S/C24H28FN3O4/c1-4-13-26-23(30)20-21(17-7-11-19(12-8-17)27-22(29)15(2)3)32-24(31)28(20)14-16-5-9-18(25)10-6-16/h5-12,15,20-21H,4,13-14H2,1-3H3,(H,26,30)(H,27,29)/t20-,21+/m1/s1. The minimum Gasteiger partial charge on any atom is -0.438 e. The van der Waals surface area contributed by atoms with E-state index >= 15 is 0 Å². The number of nitrogens with zero attached hydrogens (tertiary/aromatic N) is 1. The van der Waals surface area contributed by atoms with Crippen LogP contribution in [0, 0.1) is 11.7 Å². The summed E-state index contributed by atoms with van der Waals surface area (Å²) < 4.78 is 18.9. The molecule has 1 saturated heterocycles. The Kier molecular flexibility index (Phi) is 7.45. The highest BCUT2D eigenvalue weighted by Gasteiger charge is 2.46. The van der Waals surface area contributed by atoms with Gasteiger partial charge >= 0.3 is 6.09 Å². The minimum atomic E-state index is -0.879. The van der Waals surface area contributed by atoms with Crippen LogP contribution in [0.1, 0.15) is 44.4 Å². The summed E-state index contributed by atoms with van der Waals surface area (Å²) in [5, 5.41) is 5.65. The molecule has 0 radical (unpaired) electrons. The van der Waals surface area contributed by atoms with Crippen molar-refractivity contribution < 1.29 is 23.5 Å². The van der Waals surface area contributed by atoms with Gasteiger partial charge in [-0.2, -0.15) is 0 Å². The molecule has 1 aliphatic heterocycles. The number of hydrogen-bond donors (Lipinski definition) is 2. The average molecular weight is 442 g/mol. The van der Waals surface area contributed by atoms with Crippen LogP contribution in [-0.4, -0.2) is 35.4 Å². The van der Waals surface area contributed by atoms with E-state index in [1.807, 2.05) is 6.92 Å². The summed E-state index contributed by atoms with van der Waals surface area (Å²) in [6.45, 7) is 6.13. The number of amides is 3. The van der Waals surface area contributed by atoms with Crippen molar-refractivity contribution in [2.45, 2.75) is 45.9 Å². The van der Waals surface area contributed by atoms with Crippen LogP contribution >= 0.6 is 0 Å². The van der Waals surface area contributed by atoms with Crippen molar-refractivity contribution in [1.82, 2.24) is 10.2 Å². The third-order valence-electron chi connectivity index (χ3n) is 5.20. The Morgan fingerprint density at radius 3 is 2.34 bits per heavy atom. The van der Waals surface area contributed by atoms with Crippen LogP contribution in [0.4, 0.5) is 14.9 Å². The van der Waals surface area contributed by atoms with Crippen molar-refractivity contribution in [1.29, 1.82) is 0 Å². The van der Waals surface area contributed by atoms with Crippen LogP contribution in [-0.2, 0) is 20.9 Å². The van der Waals surface area contributed by atoms with E-state index in [9.17, 15) is 18.8 Å². The lowest BCUT2D eigenvalue weighted by Gasteiger charge is -2.24. The second kappa shape index (κ2) is 10.3. The lowest BCUT2D eigenvalue weighted by atomic mass is 10.00. The third kappa shape index (κ3) is 5.43. The van der Waals surface area contributed by atoms with Crippen molar-refractivity contribution in [2.24, 2.45) is 5.92 Å². The molecule has 0 aliphatic carbocycles. The molecule has 32 heavy (non-hydrogen) atoms. The Labute approximate surface area is 186 Å². The molecule has 170 valence electrons. The first-order valence-electron chi connectivity index (χ1n) is 10.7. The summed E-state index contributed by atoms with van der Waals surface area (Å²) in [6.07, 6.45) is -0.678. The van der Waals surface area contributed by atoms with Crippen LogP contribution in [0.15, 0.2) is 48.5 Å². The highest BCUT2D eigenvalue weighted by Crippen LogP contribution is 2.34. The lowest BCUT2D eigenvalue weighted by Crippen LogP contribution is -2.46. The molecule has 8 heteroatoms. The smallest absolute Gasteiger partial charge is 0.411 e. The fourth-order valence-corrected chi connectivity index (χ4v) is 3.39. The molecule has 0 saturated carbocycles. The predicted molar refractivity (Wildman–Crippen MR) is 118 cm³/mol. The van der Waals surface area contributed by atoms with Gasteiger partial charge in [-0.25, -0.2) is 9.18 Å². The molecule has 2 aromatic carbocycles. The number of nitrogens with one attached hydrogen (secondary N) is 2. The predicted octanol–water partition coefficient (Wildman–Crippen LogP) is 4.01. The van der Waals surface area contributed by atoms with E-state index in [2.05, 4.69) is 10.6 Å². The van der Waals surface area contributed by atoms with Crippen LogP contribution in [0.25, 0.3) is 0 Å². The number of benzene rings is 2. The number of halogens is 1. The Morgan fingerprint density at radius 1 is 1.09 bits per heavy atom. The van der Waals surface area contributed by atoms with Gasteiger partial charge in [0, 0.05) is 18.2 Å². The van der Waals surface area contributed by atoms with E-state index in [1.54, 1.807) is 50.2 Å². The van der Waals surface area contributed by atoms with Gasteiger partial charge in [0.2, 0.25) is 11.8 Å². The van der Waals surface area contributed by atoms with Gasteiger partial charge in [0.25, 0.3) is 0 Å². The largest absolute Gasteiger partial charge is 0.438 e. The second-order valence-corrected chi connectivity index (χ2v) is 8.06. The summed E-state index contributed by atoms with van der Waals surface area (Å²) in [5.74, 6) is -0.955. The normalized spacial score (nSPS) is 17.9. The Morgan fingerprint density at radius 2 is 1.75 bits per heavy atom. The van der Waals surface area contributed by atoms with Gasteiger partial charge in [0.05, 0.1) is 6.54 Å². The molecule has 7 nitrogen and oxygen atoms in total. The van der Waals surface area contributed by atoms with E-state index in [0.29, 0.717) is 23.4 Å². The zero-order valence-electron chi connectivity index (χ0n) is 18.4. The van der Waals surface area contributed by atoms with Crippen LogP contribution < -0.4 is 10.6 Å². The number of cyclic esters (lactones) is 1. The molecule has 2 aromatic rings. The molecule has 0 aromatic heterocycles. The van der Waals surface area contributed by atoms with Crippen LogP contribution in [0.5, 0.6) is 0 Å². The second-order valence-electron chi connectivity index (χ2n) is 8.06. The maximum Gasteiger partial charge on any atom is 0.411 e. The van der Waals surface area contributed by atoms with E-state index in [4.69, 9.17) is 4.74 Å². The maximum absolute atomic E-state index is 13.3. The molecule has 0 unspecified atom stereocenters. The highest BCUT2D eigenvalue weighted by atomic mass is 19.1. The monoisotopic (exact) mass is 441 g/mol. The molecule has 1 fully saturated rings. The number of anilines is 1. The number of carbonyl (C=O) groups excluding carboxylic acids is 3. The molecular formula is C24H28FN3O4. The van der Waals surface area contributed by atoms with Gasteiger partial charge in [-0.05, 0) is 41.8 Å². The summed E-state index contributed by atoms with van der Waals surface area (Å²) in [7, 11) is 0. The summed E-state index contributed by atoms with van der Waals surface area (Å²) in [5.41, 5.74) is 1.94. The third-order valence-corrected chi connectivity index (χ3v) is 5.20. The number of rotatable bonds is 8. The van der Waals surface area contributed by atoms with Gasteiger partial charge in [-0.1, -0.05) is 45.0 Å². The molecule has 3 rings (SSSR count). The van der Waals surface area contributed by atoms with Gasteiger partial charge in [0.1, 0.15) is 5.82 Å². The summed E-state index contributed by atoms with van der Waals surface area (Å²) >= 11 is 0. The van der Waals surface area contributed by atoms with Crippen molar-refractivity contribution in [3.8, 4) is 0 Å². The van der Waals surface area contributed by atoms with Gasteiger partial charge in [-0.3, -0.25) is 14.5 Å². The molecule has 1 aliphatic rings. The summed E-state index contributed by atoms with van der Waals surface area (Å²) in [4.78, 5) is 38.9. The lowest BCUT2D eigenvalue weighted by molar-refractivity contribution is -0.126. The van der Waals surface area contributed by atoms with Crippen LogP contribution in [0.3, 0.4) is 0 Å². The highest BCUT2D eigenvalue weighted by molar-refractivity contribution is 5.92. The fraction of sp³-hybridized carbons (Fsp3) is 0.375. The first kappa shape index (κ1) is 23.2. The van der Waals surface area contributed by atoms with Crippen molar-refractivity contribution >= 4 is 23.6 Å². The van der Waals surface area contributed by atoms with Crippen molar-refractivity contribution in [3.63, 3.8) is 0 Å². The van der Waals surface area contributed by atoms with Crippen molar-refractivity contribution in [2.75, 3.05) is 11.9 Å². The molecule has 0 spiro atoms. The van der Waals surface area contributed by atoms with E-state index < -0.39 is 18.2 Å². The SMILES string of the molecule is CCCNC(=O)[C@H]1[C@H](c2ccc(NC(=O)C(C)C)cc2)OC(=O)N1Cc1ccc(F)cc1. The summed E-state index contributed by atoms with van der Waals surface area (Å²) in [6, 6.07) is 11.8. The Balaban J connectivity index is 1.84. The van der Waals surface area contributed by atoms with Gasteiger partial charge < -0.3 is 15.4 Å². The van der Waals surface area contributed by atoms with Gasteiger partial charge in [0.15, 0.2) is 12.1 Å². The van der Waals surface area contributed by atoms with Gasteiger partial charge in [-0.15, -0.1) is 0 Å². The van der Waals surface area contributed by atoms with Crippen LogP contribution in [0.2, 0.25) is 0 Å². The maximum atomic E-state index is 13.3. The zero-order valence-corrected chi connectivity index (χ0v) is 18.4. The molecular weight excluding hydrogens is 413 g/mol. The Bertz CT molecular complexity index is 960. The average Bonchev–Trinajstić information content (AvgIpc) is 3.10. The first-order valence-corrected chi connectivity index (χ1v) is 10.7. The topological polar surface area (TPSA) is 87.7 Å². The number of hydrogen-bond acceptors (Lipinski definition) is 4. The van der Waals surface area contributed by atoms with E-state index in [0.717, 1.165) is 6.42 Å². The number of ether oxygens (including phenoxy) is 1. The molecule has 3 amide bonds. The molecule has 1 heterocycles. The molecule has 2 atom stereocenters. The molecule has 2 N–H and O–H groups in total. The molecule has 0 bridgehead atoms. The quantitative estimate of drug-likeness (QED) is 0.648. The van der Waals surface area contributed by atoms with E-state index in [1.165, 1.54) is 17.0 Å². The van der Waals surface area contributed by atoms with Crippen molar-refractivity contribution in [3.05, 3.63) is 65.5 Å². The first-order chi connectivity index (χ1) is 15.3. The zero-order chi connectivity index (χ0) is 23.3. The fourth-order valence-electron chi connectivity index (χ4n) is 3.39. The minimum absolute atomic E-state index is 0.104. The van der Waals surface area contributed by atoms with E-state index in [-0.39, 0.29) is 30.1 Å². The Hall–Kier alpha value is -3.42. The number of carbonyl (C=O) groups is 3.